The Hall–Kier alpha value is -2.04. The molecule has 1 aromatic rings. The van der Waals surface area contributed by atoms with E-state index in [1.54, 1.807) is 18.2 Å². The lowest BCUT2D eigenvalue weighted by Gasteiger charge is -2.59. The van der Waals surface area contributed by atoms with Crippen LogP contribution in [0.1, 0.15) is 62.7 Å². The van der Waals surface area contributed by atoms with Crippen molar-refractivity contribution in [3.05, 3.63) is 29.8 Å². The first kappa shape index (κ1) is 19.3. The van der Waals surface area contributed by atoms with E-state index in [0.717, 1.165) is 17.8 Å². The van der Waals surface area contributed by atoms with Crippen LogP contribution in [0.2, 0.25) is 0 Å². The van der Waals surface area contributed by atoms with Crippen molar-refractivity contribution >= 4 is 11.9 Å². The lowest BCUT2D eigenvalue weighted by molar-refractivity contribution is -0.128. The van der Waals surface area contributed by atoms with E-state index in [-0.39, 0.29) is 24.0 Å². The zero-order chi connectivity index (χ0) is 19.7. The van der Waals surface area contributed by atoms with Gasteiger partial charge in [0.2, 0.25) is 0 Å². The van der Waals surface area contributed by atoms with E-state index in [0.29, 0.717) is 17.9 Å². The lowest BCUT2D eigenvalue weighted by Crippen LogP contribution is -2.56. The summed E-state index contributed by atoms with van der Waals surface area (Å²) in [7, 11) is 0. The fraction of sp³-hybridized carbons (Fsp3) is 0.652. The summed E-state index contributed by atoms with van der Waals surface area (Å²) in [6.07, 6.45) is 7.87. The van der Waals surface area contributed by atoms with Gasteiger partial charge in [0.15, 0.2) is 6.61 Å². The fourth-order valence-corrected chi connectivity index (χ4v) is 6.27. The first-order valence-corrected chi connectivity index (χ1v) is 10.7. The van der Waals surface area contributed by atoms with Gasteiger partial charge in [-0.3, -0.25) is 4.79 Å². The molecule has 0 aromatic heterocycles. The van der Waals surface area contributed by atoms with Crippen LogP contribution in [-0.4, -0.2) is 31.1 Å². The second-order valence-corrected chi connectivity index (χ2v) is 9.07. The zero-order valence-corrected chi connectivity index (χ0v) is 16.9. The van der Waals surface area contributed by atoms with Crippen molar-refractivity contribution in [2.75, 3.05) is 13.2 Å². The fourth-order valence-electron chi connectivity index (χ4n) is 6.27. The predicted octanol–water partition coefficient (Wildman–Crippen LogP) is 3.96. The second kappa shape index (κ2) is 7.76. The quantitative estimate of drug-likeness (QED) is 0.722. The Bertz CT molecular complexity index is 709. The molecule has 1 atom stereocenters. The van der Waals surface area contributed by atoms with Gasteiger partial charge in [-0.2, -0.15) is 0 Å². The number of para-hydroxylation sites is 1. The lowest BCUT2D eigenvalue weighted by atomic mass is 9.48. The normalized spacial score (nSPS) is 31.3. The van der Waals surface area contributed by atoms with Gasteiger partial charge in [-0.05, 0) is 87.7 Å². The molecule has 0 spiro atoms. The summed E-state index contributed by atoms with van der Waals surface area (Å²) >= 11 is 0. The van der Waals surface area contributed by atoms with Crippen LogP contribution in [0.5, 0.6) is 5.75 Å². The highest BCUT2D eigenvalue weighted by atomic mass is 16.5. The number of rotatable bonds is 7. The molecule has 1 amide bonds. The van der Waals surface area contributed by atoms with E-state index in [1.807, 2.05) is 13.0 Å². The average molecular weight is 386 g/mol. The van der Waals surface area contributed by atoms with Gasteiger partial charge in [0.25, 0.3) is 5.91 Å². The first-order chi connectivity index (χ1) is 13.5. The number of carbonyl (C=O) groups is 2. The third-order valence-electron chi connectivity index (χ3n) is 7.12. The summed E-state index contributed by atoms with van der Waals surface area (Å²) in [4.78, 5) is 24.8. The molecule has 0 unspecified atom stereocenters. The standard InChI is InChI=1S/C23H31NO4/c1-3-27-20-7-5-4-6-19(20)22(26)28-14-21(25)24-15(2)23-11-16-8-17(12-23)10-18(9-16)13-23/h4-7,15-18H,3,8-14H2,1-2H3,(H,24,25)/t15-,16?,17?,18?,23?/m1/s1. The largest absolute Gasteiger partial charge is 0.493 e. The molecule has 5 heteroatoms. The van der Waals surface area contributed by atoms with E-state index < -0.39 is 5.97 Å². The minimum atomic E-state index is -0.526. The molecule has 1 N–H and O–H groups in total. The summed E-state index contributed by atoms with van der Waals surface area (Å²) in [6, 6.07) is 7.08. The van der Waals surface area contributed by atoms with Crippen molar-refractivity contribution in [1.29, 1.82) is 0 Å². The molecule has 5 nitrogen and oxygen atoms in total. The zero-order valence-electron chi connectivity index (χ0n) is 16.9. The Morgan fingerprint density at radius 2 is 1.71 bits per heavy atom. The minimum absolute atomic E-state index is 0.128. The summed E-state index contributed by atoms with van der Waals surface area (Å²) in [5.74, 6) is 2.28. The molecule has 0 radical (unpaired) electrons. The number of esters is 1. The monoisotopic (exact) mass is 385 g/mol. The Balaban J connectivity index is 1.32. The van der Waals surface area contributed by atoms with Gasteiger partial charge < -0.3 is 14.8 Å². The second-order valence-electron chi connectivity index (χ2n) is 9.07. The molecule has 4 bridgehead atoms. The molecule has 1 aromatic carbocycles. The van der Waals surface area contributed by atoms with Crippen molar-refractivity contribution < 1.29 is 19.1 Å². The SMILES string of the molecule is CCOc1ccccc1C(=O)OCC(=O)N[C@H](C)C12CC3CC(CC(C3)C1)C2. The third-order valence-corrected chi connectivity index (χ3v) is 7.12. The van der Waals surface area contributed by atoms with Crippen LogP contribution in [0.4, 0.5) is 0 Å². The summed E-state index contributed by atoms with van der Waals surface area (Å²) in [6.45, 7) is 4.21. The van der Waals surface area contributed by atoms with Crippen molar-refractivity contribution in [3.63, 3.8) is 0 Å². The van der Waals surface area contributed by atoms with Crippen LogP contribution in [0.3, 0.4) is 0 Å². The molecule has 4 saturated carbocycles. The Labute approximate surface area is 167 Å². The molecule has 4 fully saturated rings. The van der Waals surface area contributed by atoms with Gasteiger partial charge in [-0.15, -0.1) is 0 Å². The predicted molar refractivity (Wildman–Crippen MR) is 106 cm³/mol. The molecule has 0 heterocycles. The molecule has 5 rings (SSSR count). The van der Waals surface area contributed by atoms with Crippen LogP contribution < -0.4 is 10.1 Å². The highest BCUT2D eigenvalue weighted by molar-refractivity contribution is 5.94. The Kier molecular flexibility index (Phi) is 5.35. The van der Waals surface area contributed by atoms with Crippen LogP contribution in [-0.2, 0) is 9.53 Å². The smallest absolute Gasteiger partial charge is 0.342 e. The average Bonchev–Trinajstić information content (AvgIpc) is 2.66. The van der Waals surface area contributed by atoms with E-state index in [4.69, 9.17) is 9.47 Å². The van der Waals surface area contributed by atoms with Crippen LogP contribution >= 0.6 is 0 Å². The van der Waals surface area contributed by atoms with E-state index >= 15 is 0 Å². The Morgan fingerprint density at radius 1 is 1.11 bits per heavy atom. The van der Waals surface area contributed by atoms with E-state index in [1.165, 1.54) is 38.5 Å². The van der Waals surface area contributed by atoms with Crippen molar-refractivity contribution in [2.24, 2.45) is 23.2 Å². The molecule has 152 valence electrons. The molecule has 0 aliphatic heterocycles. The number of benzene rings is 1. The number of amides is 1. The number of carbonyl (C=O) groups excluding carboxylic acids is 2. The van der Waals surface area contributed by atoms with E-state index in [9.17, 15) is 9.59 Å². The molecular weight excluding hydrogens is 354 g/mol. The van der Waals surface area contributed by atoms with Gasteiger partial charge in [0.1, 0.15) is 11.3 Å². The highest BCUT2D eigenvalue weighted by Gasteiger charge is 2.53. The van der Waals surface area contributed by atoms with Gasteiger partial charge in [-0.25, -0.2) is 4.79 Å². The molecule has 4 aliphatic carbocycles. The molecule has 4 aliphatic rings. The van der Waals surface area contributed by atoms with Crippen LogP contribution in [0.15, 0.2) is 24.3 Å². The number of hydrogen-bond donors (Lipinski definition) is 1. The van der Waals surface area contributed by atoms with Crippen molar-refractivity contribution in [3.8, 4) is 5.75 Å². The van der Waals surface area contributed by atoms with Crippen molar-refractivity contribution in [2.45, 2.75) is 58.4 Å². The molecule has 28 heavy (non-hydrogen) atoms. The molecule has 0 saturated heterocycles. The third kappa shape index (κ3) is 3.76. The Morgan fingerprint density at radius 3 is 2.32 bits per heavy atom. The number of hydrogen-bond acceptors (Lipinski definition) is 4. The van der Waals surface area contributed by atoms with Gasteiger partial charge in [0.05, 0.1) is 6.61 Å². The summed E-state index contributed by atoms with van der Waals surface area (Å²) < 4.78 is 10.7. The maximum Gasteiger partial charge on any atom is 0.342 e. The highest BCUT2D eigenvalue weighted by Crippen LogP contribution is 2.61. The number of ether oxygens (including phenoxy) is 2. The van der Waals surface area contributed by atoms with Gasteiger partial charge >= 0.3 is 5.97 Å². The van der Waals surface area contributed by atoms with Crippen LogP contribution in [0.25, 0.3) is 0 Å². The summed E-state index contributed by atoms with van der Waals surface area (Å²) in [5.41, 5.74) is 0.599. The topological polar surface area (TPSA) is 64.6 Å². The number of nitrogens with one attached hydrogen (secondary N) is 1. The van der Waals surface area contributed by atoms with Crippen LogP contribution in [0, 0.1) is 23.2 Å². The first-order valence-electron chi connectivity index (χ1n) is 10.7. The maximum atomic E-state index is 12.5. The molecular formula is C23H31NO4. The minimum Gasteiger partial charge on any atom is -0.493 e. The van der Waals surface area contributed by atoms with Crippen molar-refractivity contribution in [1.82, 2.24) is 5.32 Å². The maximum absolute atomic E-state index is 12.5. The summed E-state index contributed by atoms with van der Waals surface area (Å²) in [5, 5.41) is 3.14. The van der Waals surface area contributed by atoms with E-state index in [2.05, 4.69) is 12.2 Å². The van der Waals surface area contributed by atoms with Gasteiger partial charge in [0, 0.05) is 6.04 Å². The van der Waals surface area contributed by atoms with Gasteiger partial charge in [-0.1, -0.05) is 12.1 Å².